The van der Waals surface area contributed by atoms with Gasteiger partial charge in [-0.2, -0.15) is 0 Å². The SMILES string of the molecule is CC(COCC(C)C1=CC(=O)NC1=O)C1=CC(=O)NC1=O. The Kier molecular flexibility index (Phi) is 4.32. The van der Waals surface area contributed by atoms with Crippen LogP contribution >= 0.6 is 0 Å². The largest absolute Gasteiger partial charge is 0.380 e. The van der Waals surface area contributed by atoms with Gasteiger partial charge in [0.15, 0.2) is 0 Å². The van der Waals surface area contributed by atoms with Crippen molar-refractivity contribution in [3.63, 3.8) is 0 Å². The van der Waals surface area contributed by atoms with E-state index in [1.54, 1.807) is 13.8 Å². The summed E-state index contributed by atoms with van der Waals surface area (Å²) in [4.78, 5) is 45.0. The van der Waals surface area contributed by atoms with Crippen molar-refractivity contribution in [1.29, 1.82) is 0 Å². The van der Waals surface area contributed by atoms with E-state index in [-0.39, 0.29) is 25.0 Å². The number of amides is 4. The van der Waals surface area contributed by atoms with Gasteiger partial charge in [0.1, 0.15) is 0 Å². The Morgan fingerprint density at radius 1 is 0.857 bits per heavy atom. The van der Waals surface area contributed by atoms with Gasteiger partial charge in [0.05, 0.1) is 13.2 Å². The Hall–Kier alpha value is -2.28. The molecule has 0 aliphatic carbocycles. The van der Waals surface area contributed by atoms with E-state index >= 15 is 0 Å². The topological polar surface area (TPSA) is 102 Å². The smallest absolute Gasteiger partial charge is 0.254 e. The Bertz CT molecular complexity index is 526. The van der Waals surface area contributed by atoms with E-state index in [0.29, 0.717) is 11.1 Å². The summed E-state index contributed by atoms with van der Waals surface area (Å²) < 4.78 is 5.48. The first kappa shape index (κ1) is 15.1. The molecule has 2 aliphatic heterocycles. The maximum atomic E-state index is 11.5. The van der Waals surface area contributed by atoms with Crippen LogP contribution in [0.5, 0.6) is 0 Å². The number of carbonyl (C=O) groups is 4. The summed E-state index contributed by atoms with van der Waals surface area (Å²) >= 11 is 0. The van der Waals surface area contributed by atoms with E-state index in [4.69, 9.17) is 4.74 Å². The van der Waals surface area contributed by atoms with Crippen molar-refractivity contribution < 1.29 is 23.9 Å². The van der Waals surface area contributed by atoms with Crippen molar-refractivity contribution in [2.24, 2.45) is 11.8 Å². The fraction of sp³-hybridized carbons (Fsp3) is 0.429. The number of ether oxygens (including phenoxy) is 1. The molecule has 7 heteroatoms. The van der Waals surface area contributed by atoms with Crippen LogP contribution in [-0.2, 0) is 23.9 Å². The fourth-order valence-electron chi connectivity index (χ4n) is 2.19. The molecule has 2 rings (SSSR count). The normalized spacial score (nSPS) is 20.9. The average Bonchev–Trinajstić information content (AvgIpc) is 2.91. The molecule has 2 heterocycles. The van der Waals surface area contributed by atoms with E-state index in [1.807, 2.05) is 0 Å². The minimum atomic E-state index is -0.415. The van der Waals surface area contributed by atoms with Crippen molar-refractivity contribution in [1.82, 2.24) is 10.6 Å². The molecule has 7 nitrogen and oxygen atoms in total. The Labute approximate surface area is 121 Å². The van der Waals surface area contributed by atoms with Crippen LogP contribution in [0.15, 0.2) is 23.3 Å². The van der Waals surface area contributed by atoms with E-state index in [0.717, 1.165) is 0 Å². The van der Waals surface area contributed by atoms with Crippen molar-refractivity contribution in [3.05, 3.63) is 23.3 Å². The summed E-state index contributed by atoms with van der Waals surface area (Å²) in [6, 6.07) is 0. The zero-order chi connectivity index (χ0) is 15.6. The lowest BCUT2D eigenvalue weighted by Crippen LogP contribution is -2.26. The molecule has 2 unspecified atom stereocenters. The molecule has 0 bridgehead atoms. The summed E-state index contributed by atoms with van der Waals surface area (Å²) in [5.41, 5.74) is 0.779. The van der Waals surface area contributed by atoms with Gasteiger partial charge in [0, 0.05) is 35.1 Å². The zero-order valence-electron chi connectivity index (χ0n) is 11.8. The molecule has 0 saturated carbocycles. The number of imide groups is 2. The highest BCUT2D eigenvalue weighted by atomic mass is 16.5. The first-order valence-electron chi connectivity index (χ1n) is 6.60. The summed E-state index contributed by atoms with van der Waals surface area (Å²) in [5, 5.41) is 4.35. The average molecular weight is 292 g/mol. The van der Waals surface area contributed by atoms with Crippen molar-refractivity contribution >= 4 is 23.6 Å². The lowest BCUT2D eigenvalue weighted by Gasteiger charge is -2.15. The third-order valence-corrected chi connectivity index (χ3v) is 3.37. The minimum absolute atomic E-state index is 0.225. The number of hydrogen-bond donors (Lipinski definition) is 2. The third-order valence-electron chi connectivity index (χ3n) is 3.37. The Balaban J connectivity index is 1.82. The van der Waals surface area contributed by atoms with Crippen molar-refractivity contribution in [3.8, 4) is 0 Å². The fourth-order valence-corrected chi connectivity index (χ4v) is 2.19. The molecule has 0 radical (unpaired) electrons. The van der Waals surface area contributed by atoms with Gasteiger partial charge in [-0.25, -0.2) is 0 Å². The predicted molar refractivity (Wildman–Crippen MR) is 71.6 cm³/mol. The predicted octanol–water partition coefficient (Wildman–Crippen LogP) is -0.559. The van der Waals surface area contributed by atoms with Crippen molar-refractivity contribution in [2.75, 3.05) is 13.2 Å². The zero-order valence-corrected chi connectivity index (χ0v) is 11.8. The lowest BCUT2D eigenvalue weighted by atomic mass is 10.0. The maximum Gasteiger partial charge on any atom is 0.254 e. The van der Waals surface area contributed by atoms with Gasteiger partial charge in [-0.15, -0.1) is 0 Å². The van der Waals surface area contributed by atoms with E-state index < -0.39 is 23.6 Å². The third kappa shape index (κ3) is 3.43. The molecule has 112 valence electrons. The molecule has 0 aromatic heterocycles. The van der Waals surface area contributed by atoms with Gasteiger partial charge in [0.2, 0.25) is 0 Å². The molecule has 0 aromatic carbocycles. The number of carbonyl (C=O) groups excluding carboxylic acids is 4. The highest BCUT2D eigenvalue weighted by Gasteiger charge is 2.27. The summed E-state index contributed by atoms with van der Waals surface area (Å²) in [6.07, 6.45) is 2.54. The first-order valence-corrected chi connectivity index (χ1v) is 6.60. The van der Waals surface area contributed by atoms with E-state index in [2.05, 4.69) is 10.6 Å². The van der Waals surface area contributed by atoms with Crippen LogP contribution in [0.4, 0.5) is 0 Å². The summed E-state index contributed by atoms with van der Waals surface area (Å²) in [5.74, 6) is -2.07. The highest BCUT2D eigenvalue weighted by molar-refractivity contribution is 6.17. The Morgan fingerprint density at radius 3 is 1.52 bits per heavy atom. The van der Waals surface area contributed by atoms with Crippen LogP contribution in [0.2, 0.25) is 0 Å². The van der Waals surface area contributed by atoms with Gasteiger partial charge in [-0.3, -0.25) is 29.8 Å². The van der Waals surface area contributed by atoms with Gasteiger partial charge >= 0.3 is 0 Å². The Morgan fingerprint density at radius 2 is 1.24 bits per heavy atom. The molecule has 2 atom stereocenters. The molecule has 2 N–H and O–H groups in total. The number of nitrogens with one attached hydrogen (secondary N) is 2. The second-order valence-electron chi connectivity index (χ2n) is 5.18. The standard InChI is InChI=1S/C14H16N2O5/c1-7(9-3-11(17)15-13(9)19)5-21-6-8(2)10-4-12(18)16-14(10)20/h3-4,7-8H,5-6H2,1-2H3,(H,15,17,19)(H,16,18,20). The quantitative estimate of drug-likeness (QED) is 0.639. The number of rotatable bonds is 6. The molecular formula is C14H16N2O5. The molecule has 0 saturated heterocycles. The van der Waals surface area contributed by atoms with Gasteiger partial charge in [0.25, 0.3) is 23.6 Å². The molecule has 21 heavy (non-hydrogen) atoms. The molecule has 0 spiro atoms. The van der Waals surface area contributed by atoms with Crippen LogP contribution in [0.1, 0.15) is 13.8 Å². The minimum Gasteiger partial charge on any atom is -0.380 e. The second kappa shape index (κ2) is 6.01. The molecule has 4 amide bonds. The van der Waals surface area contributed by atoms with Gasteiger partial charge < -0.3 is 4.74 Å². The van der Waals surface area contributed by atoms with E-state index in [1.165, 1.54) is 12.2 Å². The van der Waals surface area contributed by atoms with Crippen LogP contribution in [-0.4, -0.2) is 36.8 Å². The summed E-state index contributed by atoms with van der Waals surface area (Å²) in [6.45, 7) is 4.05. The summed E-state index contributed by atoms with van der Waals surface area (Å²) in [7, 11) is 0. The highest BCUT2D eigenvalue weighted by Crippen LogP contribution is 2.18. The van der Waals surface area contributed by atoms with Gasteiger partial charge in [-0.05, 0) is 0 Å². The van der Waals surface area contributed by atoms with Crippen LogP contribution < -0.4 is 10.6 Å². The number of hydrogen-bond acceptors (Lipinski definition) is 5. The maximum absolute atomic E-state index is 11.5. The van der Waals surface area contributed by atoms with Crippen LogP contribution in [0, 0.1) is 11.8 Å². The molecule has 0 aromatic rings. The second-order valence-corrected chi connectivity index (χ2v) is 5.18. The molecular weight excluding hydrogens is 276 g/mol. The monoisotopic (exact) mass is 292 g/mol. The van der Waals surface area contributed by atoms with E-state index in [9.17, 15) is 19.2 Å². The molecule has 0 fully saturated rings. The first-order chi connectivity index (χ1) is 9.88. The lowest BCUT2D eigenvalue weighted by molar-refractivity contribution is -0.125. The molecule has 2 aliphatic rings. The van der Waals surface area contributed by atoms with Crippen molar-refractivity contribution in [2.45, 2.75) is 13.8 Å². The van der Waals surface area contributed by atoms with Crippen LogP contribution in [0.25, 0.3) is 0 Å². The van der Waals surface area contributed by atoms with Gasteiger partial charge in [-0.1, -0.05) is 13.8 Å². The van der Waals surface area contributed by atoms with Crippen LogP contribution in [0.3, 0.4) is 0 Å².